The van der Waals surface area contributed by atoms with Gasteiger partial charge in [-0.05, 0) is 56.5 Å². The van der Waals surface area contributed by atoms with Gasteiger partial charge in [0.05, 0.1) is 34.3 Å². The number of nitrogens with zero attached hydrogens (tertiary/aromatic N) is 7. The second-order valence-corrected chi connectivity index (χ2v) is 16.1. The molecule has 1 N–H and O–H groups in total. The number of hydrogen-bond acceptors (Lipinski definition) is 9. The standard InChI is InChI=1S/C39H41N7O3S2/c1-26-8-9-28(18-40-26)36-41-19-30(51-36)21-44-15-11-31(32(22-44)27-6-4-3-5-7-27)37(47)45-16-12-39(49,13-17-45)24-46-25-42-34-33(38(46)48)23-50-35(34)29-10-14-43(2)20-29/h3-10,14,18-20,23,25,31-32,49H,11-13,15-17,21-22,24H2,1-2H3/t31-,32+/m1/s1. The molecule has 51 heavy (non-hydrogen) atoms. The van der Waals surface area contributed by atoms with Crippen LogP contribution in [0.2, 0.25) is 0 Å². The molecule has 0 bridgehead atoms. The lowest BCUT2D eigenvalue weighted by Crippen LogP contribution is -2.53. The summed E-state index contributed by atoms with van der Waals surface area (Å²) in [6, 6.07) is 16.5. The predicted octanol–water partition coefficient (Wildman–Crippen LogP) is 5.95. The van der Waals surface area contributed by atoms with Crippen LogP contribution in [0.5, 0.6) is 0 Å². The maximum absolute atomic E-state index is 14.2. The van der Waals surface area contributed by atoms with Crippen molar-refractivity contribution in [1.29, 1.82) is 0 Å². The lowest BCUT2D eigenvalue weighted by molar-refractivity contribution is -0.142. The summed E-state index contributed by atoms with van der Waals surface area (Å²) < 4.78 is 3.51. The summed E-state index contributed by atoms with van der Waals surface area (Å²) in [4.78, 5) is 48.0. The molecule has 2 saturated heterocycles. The van der Waals surface area contributed by atoms with Gasteiger partial charge in [-0.15, -0.1) is 22.7 Å². The van der Waals surface area contributed by atoms with Crippen LogP contribution in [-0.4, -0.2) is 76.7 Å². The van der Waals surface area contributed by atoms with Crippen LogP contribution >= 0.6 is 22.7 Å². The average Bonchev–Trinajstić information content (AvgIpc) is 3.91. The minimum atomic E-state index is -1.10. The molecule has 0 radical (unpaired) electrons. The fraction of sp³-hybridized carbons (Fsp3) is 0.359. The van der Waals surface area contributed by atoms with Gasteiger partial charge in [0.25, 0.3) is 5.56 Å². The zero-order valence-corrected chi connectivity index (χ0v) is 30.4. The monoisotopic (exact) mass is 719 g/mol. The van der Waals surface area contributed by atoms with Crippen LogP contribution in [0.1, 0.15) is 41.3 Å². The first-order chi connectivity index (χ1) is 24.7. The third kappa shape index (κ3) is 6.93. The number of pyridine rings is 1. The van der Waals surface area contributed by atoms with Crippen molar-refractivity contribution in [1.82, 2.24) is 33.9 Å². The molecule has 6 aromatic rings. The third-order valence-electron chi connectivity index (χ3n) is 10.5. The van der Waals surface area contributed by atoms with Gasteiger partial charge in [0.1, 0.15) is 5.01 Å². The maximum Gasteiger partial charge on any atom is 0.262 e. The van der Waals surface area contributed by atoms with E-state index in [-0.39, 0.29) is 29.8 Å². The summed E-state index contributed by atoms with van der Waals surface area (Å²) in [6.45, 7) is 5.43. The van der Waals surface area contributed by atoms with Crippen molar-refractivity contribution < 1.29 is 9.90 Å². The number of hydrogen-bond donors (Lipinski definition) is 1. The minimum Gasteiger partial charge on any atom is -0.388 e. The normalized spacial score (nSPS) is 19.5. The van der Waals surface area contributed by atoms with Gasteiger partial charge in [-0.25, -0.2) is 9.97 Å². The van der Waals surface area contributed by atoms with E-state index in [0.29, 0.717) is 36.8 Å². The summed E-state index contributed by atoms with van der Waals surface area (Å²) >= 11 is 3.21. The number of likely N-dealkylation sites (tertiary alicyclic amines) is 2. The Morgan fingerprint density at radius 3 is 2.57 bits per heavy atom. The molecular weight excluding hydrogens is 679 g/mol. The Balaban J connectivity index is 0.928. The van der Waals surface area contributed by atoms with Crippen LogP contribution in [0.3, 0.4) is 0 Å². The summed E-state index contributed by atoms with van der Waals surface area (Å²) in [5.41, 5.74) is 3.67. The molecule has 10 nitrogen and oxygen atoms in total. The van der Waals surface area contributed by atoms with Crippen molar-refractivity contribution in [3.8, 4) is 21.0 Å². The summed E-state index contributed by atoms with van der Waals surface area (Å²) in [5, 5.41) is 15.1. The van der Waals surface area contributed by atoms with Crippen LogP contribution < -0.4 is 5.56 Å². The second-order valence-electron chi connectivity index (χ2n) is 14.1. The quantitative estimate of drug-likeness (QED) is 0.207. The highest BCUT2D eigenvalue weighted by molar-refractivity contribution is 7.15. The molecule has 8 rings (SSSR count). The van der Waals surface area contributed by atoms with Gasteiger partial charge in [0.2, 0.25) is 5.91 Å². The molecule has 5 aromatic heterocycles. The third-order valence-corrected chi connectivity index (χ3v) is 12.5. The van der Waals surface area contributed by atoms with Crippen LogP contribution in [0, 0.1) is 12.8 Å². The molecule has 12 heteroatoms. The van der Waals surface area contributed by atoms with Crippen molar-refractivity contribution in [2.24, 2.45) is 13.0 Å². The van der Waals surface area contributed by atoms with Gasteiger partial charge >= 0.3 is 0 Å². The van der Waals surface area contributed by atoms with E-state index >= 15 is 0 Å². The first-order valence-corrected chi connectivity index (χ1v) is 19.2. The van der Waals surface area contributed by atoms with Crippen LogP contribution in [-0.2, 0) is 24.9 Å². The minimum absolute atomic E-state index is 0.0599. The molecule has 2 fully saturated rings. The number of thiophene rings is 1. The Bertz CT molecular complexity index is 2210. The Kier molecular flexibility index (Phi) is 9.18. The first-order valence-electron chi connectivity index (χ1n) is 17.5. The van der Waals surface area contributed by atoms with Crippen molar-refractivity contribution in [3.63, 3.8) is 0 Å². The Hall–Kier alpha value is -4.49. The number of aromatic nitrogens is 5. The molecular formula is C39H41N7O3S2. The molecule has 0 saturated carbocycles. The zero-order chi connectivity index (χ0) is 35.1. The van der Waals surface area contributed by atoms with Crippen molar-refractivity contribution in [2.45, 2.75) is 50.8 Å². The molecule has 0 unspecified atom stereocenters. The number of aryl methyl sites for hydroxylation is 2. The van der Waals surface area contributed by atoms with Gasteiger partial charge in [0, 0.05) is 96.9 Å². The number of fused-ring (bicyclic) bond motifs is 1. The lowest BCUT2D eigenvalue weighted by atomic mass is 9.79. The van der Waals surface area contributed by atoms with E-state index in [9.17, 15) is 14.7 Å². The highest BCUT2D eigenvalue weighted by Gasteiger charge is 2.41. The molecule has 262 valence electrons. The van der Waals surface area contributed by atoms with Crippen molar-refractivity contribution in [2.75, 3.05) is 26.2 Å². The maximum atomic E-state index is 14.2. The number of benzene rings is 1. The Morgan fingerprint density at radius 2 is 1.82 bits per heavy atom. The van der Waals surface area contributed by atoms with E-state index in [0.717, 1.165) is 52.8 Å². The summed E-state index contributed by atoms with van der Waals surface area (Å²) in [5.74, 6) is 0.0753. The number of carbonyl (C=O) groups excluding carboxylic acids is 1. The molecule has 1 amide bonds. The number of rotatable bonds is 8. The molecule has 2 aliphatic rings. The van der Waals surface area contributed by atoms with Gasteiger partial charge in [-0.2, -0.15) is 0 Å². The molecule has 0 spiro atoms. The number of thiazole rings is 1. The second kappa shape index (κ2) is 13.9. The van der Waals surface area contributed by atoms with Gasteiger partial charge < -0.3 is 14.6 Å². The summed E-state index contributed by atoms with van der Waals surface area (Å²) in [7, 11) is 1.97. The largest absolute Gasteiger partial charge is 0.388 e. The molecule has 1 aromatic carbocycles. The van der Waals surface area contributed by atoms with E-state index in [1.165, 1.54) is 26.3 Å². The van der Waals surface area contributed by atoms with Gasteiger partial charge in [-0.1, -0.05) is 30.3 Å². The highest BCUT2D eigenvalue weighted by Crippen LogP contribution is 2.37. The number of piperidine rings is 2. The smallest absolute Gasteiger partial charge is 0.262 e. The summed E-state index contributed by atoms with van der Waals surface area (Å²) in [6.07, 6.45) is 11.0. The van der Waals surface area contributed by atoms with Crippen LogP contribution in [0.25, 0.3) is 31.9 Å². The fourth-order valence-electron chi connectivity index (χ4n) is 7.60. The zero-order valence-electron chi connectivity index (χ0n) is 28.8. The molecule has 7 heterocycles. The number of carbonyl (C=O) groups is 1. The number of aliphatic hydroxyl groups is 1. The first kappa shape index (κ1) is 33.6. The fourth-order valence-corrected chi connectivity index (χ4v) is 9.52. The van der Waals surface area contributed by atoms with E-state index in [1.807, 2.05) is 71.8 Å². The Morgan fingerprint density at radius 1 is 1.00 bits per heavy atom. The van der Waals surface area contributed by atoms with Crippen LogP contribution in [0.15, 0.2) is 89.8 Å². The number of amides is 1. The lowest BCUT2D eigenvalue weighted by Gasteiger charge is -2.43. The molecule has 2 atom stereocenters. The van der Waals surface area contributed by atoms with Crippen molar-refractivity contribution in [3.05, 3.63) is 112 Å². The van der Waals surface area contributed by atoms with E-state index < -0.39 is 5.60 Å². The molecule has 2 aliphatic heterocycles. The van der Waals surface area contributed by atoms with E-state index in [4.69, 9.17) is 0 Å². The van der Waals surface area contributed by atoms with Gasteiger partial charge in [0.15, 0.2) is 0 Å². The SMILES string of the molecule is Cc1ccc(-c2ncc(CN3CC[C@@H](C(=O)N4CCC(O)(Cn5cnc6c(-c7ccn(C)c7)scc6c5=O)CC4)[C@H](c4ccccc4)C3)s2)cn1. The predicted molar refractivity (Wildman–Crippen MR) is 202 cm³/mol. The topological polar surface area (TPSA) is 109 Å². The van der Waals surface area contributed by atoms with Gasteiger partial charge in [-0.3, -0.25) is 24.0 Å². The van der Waals surface area contributed by atoms with Crippen LogP contribution in [0.4, 0.5) is 0 Å². The highest BCUT2D eigenvalue weighted by atomic mass is 32.1. The van der Waals surface area contributed by atoms with Crippen molar-refractivity contribution >= 4 is 39.5 Å². The van der Waals surface area contributed by atoms with E-state index in [2.05, 4.69) is 50.2 Å². The molecule has 0 aliphatic carbocycles. The van der Waals surface area contributed by atoms with E-state index in [1.54, 1.807) is 17.7 Å². The Labute approximate surface area is 304 Å². The average molecular weight is 720 g/mol.